The second kappa shape index (κ2) is 7.88. The number of thiazole rings is 1. The Morgan fingerprint density at radius 2 is 2.12 bits per heavy atom. The minimum absolute atomic E-state index is 0.0165. The molecule has 1 aliphatic rings. The Bertz CT molecular complexity index is 760. The smallest absolute Gasteiger partial charge is 0.311 e. The van der Waals surface area contributed by atoms with Crippen molar-refractivity contribution in [3.8, 4) is 5.75 Å². The number of anilines is 1. The lowest BCUT2D eigenvalue weighted by Gasteiger charge is -2.21. The molecular formula is C17H18N2O4S2. The predicted molar refractivity (Wildman–Crippen MR) is 98.1 cm³/mol. The molecular weight excluding hydrogens is 360 g/mol. The van der Waals surface area contributed by atoms with E-state index in [2.05, 4.69) is 4.98 Å². The quantitative estimate of drug-likeness (QED) is 0.720. The Labute approximate surface area is 154 Å². The van der Waals surface area contributed by atoms with Gasteiger partial charge in [-0.05, 0) is 24.6 Å². The summed E-state index contributed by atoms with van der Waals surface area (Å²) in [6.45, 7) is 2.11. The molecule has 0 aliphatic carbocycles. The van der Waals surface area contributed by atoms with Gasteiger partial charge in [-0.2, -0.15) is 0 Å². The lowest BCUT2D eigenvalue weighted by Crippen LogP contribution is -2.27. The lowest BCUT2D eigenvalue weighted by molar-refractivity contribution is -0.142. The number of thioether (sulfide) groups is 1. The van der Waals surface area contributed by atoms with Crippen LogP contribution in [0.4, 0.5) is 5.13 Å². The Balaban J connectivity index is 1.80. The number of amides is 1. The topological polar surface area (TPSA) is 68.7 Å². The number of esters is 1. The highest BCUT2D eigenvalue weighted by molar-refractivity contribution is 8.00. The fraction of sp³-hybridized carbons (Fsp3) is 0.353. The first-order valence-electron chi connectivity index (χ1n) is 7.80. The summed E-state index contributed by atoms with van der Waals surface area (Å²) < 4.78 is 10.1. The number of carbonyl (C=O) groups is 2. The summed E-state index contributed by atoms with van der Waals surface area (Å²) in [5.74, 6) is 0.885. The first-order valence-corrected chi connectivity index (χ1v) is 9.73. The van der Waals surface area contributed by atoms with Crippen molar-refractivity contribution in [3.05, 3.63) is 40.9 Å². The van der Waals surface area contributed by atoms with Crippen molar-refractivity contribution in [2.75, 3.05) is 24.4 Å². The largest absolute Gasteiger partial charge is 0.497 e. The van der Waals surface area contributed by atoms with Crippen LogP contribution in [0.25, 0.3) is 0 Å². The molecule has 1 fully saturated rings. The Morgan fingerprint density at radius 1 is 1.36 bits per heavy atom. The minimum atomic E-state index is -0.312. The van der Waals surface area contributed by atoms with Gasteiger partial charge in [0.2, 0.25) is 5.91 Å². The van der Waals surface area contributed by atoms with E-state index in [9.17, 15) is 9.59 Å². The zero-order chi connectivity index (χ0) is 17.8. The van der Waals surface area contributed by atoms with E-state index in [-0.39, 0.29) is 23.7 Å². The van der Waals surface area contributed by atoms with Gasteiger partial charge in [0, 0.05) is 5.38 Å². The minimum Gasteiger partial charge on any atom is -0.497 e. The molecule has 1 aromatic carbocycles. The van der Waals surface area contributed by atoms with Crippen LogP contribution in [0.1, 0.15) is 23.6 Å². The van der Waals surface area contributed by atoms with Crippen LogP contribution in [0.3, 0.4) is 0 Å². The highest BCUT2D eigenvalue weighted by atomic mass is 32.2. The number of hydrogen-bond donors (Lipinski definition) is 0. The highest BCUT2D eigenvalue weighted by Gasteiger charge is 2.35. The molecule has 3 rings (SSSR count). The molecule has 0 N–H and O–H groups in total. The molecule has 8 heteroatoms. The average Bonchev–Trinajstić information content (AvgIpc) is 3.21. The third kappa shape index (κ3) is 3.96. The highest BCUT2D eigenvalue weighted by Crippen LogP contribution is 2.43. The van der Waals surface area contributed by atoms with Crippen molar-refractivity contribution in [2.45, 2.75) is 18.7 Å². The molecule has 0 saturated carbocycles. The first kappa shape index (κ1) is 17.8. The van der Waals surface area contributed by atoms with Gasteiger partial charge in [0.15, 0.2) is 5.13 Å². The SMILES string of the molecule is CCOC(=O)Cc1csc(N2C(=O)CSC2c2ccc(OC)cc2)n1. The first-order chi connectivity index (χ1) is 12.1. The fourth-order valence-electron chi connectivity index (χ4n) is 2.49. The van der Waals surface area contributed by atoms with Gasteiger partial charge < -0.3 is 9.47 Å². The van der Waals surface area contributed by atoms with Crippen molar-refractivity contribution in [1.29, 1.82) is 0 Å². The van der Waals surface area contributed by atoms with Gasteiger partial charge in [-0.25, -0.2) is 4.98 Å². The van der Waals surface area contributed by atoms with E-state index in [1.54, 1.807) is 36.1 Å². The van der Waals surface area contributed by atoms with Gasteiger partial charge in [0.25, 0.3) is 0 Å². The van der Waals surface area contributed by atoms with Crippen LogP contribution in [0, 0.1) is 0 Å². The van der Waals surface area contributed by atoms with Crippen LogP contribution in [-0.2, 0) is 20.7 Å². The fourth-order valence-corrected chi connectivity index (χ4v) is 4.58. The summed E-state index contributed by atoms with van der Waals surface area (Å²) in [4.78, 5) is 30.1. The average molecular weight is 378 g/mol. The monoisotopic (exact) mass is 378 g/mol. The van der Waals surface area contributed by atoms with Crippen molar-refractivity contribution >= 4 is 40.1 Å². The summed E-state index contributed by atoms with van der Waals surface area (Å²) in [6.07, 6.45) is 0.118. The summed E-state index contributed by atoms with van der Waals surface area (Å²) in [5, 5.41) is 2.28. The number of rotatable bonds is 6. The van der Waals surface area contributed by atoms with Gasteiger partial charge in [-0.3, -0.25) is 14.5 Å². The zero-order valence-electron chi connectivity index (χ0n) is 13.9. The molecule has 1 aliphatic heterocycles. The van der Waals surface area contributed by atoms with Crippen LogP contribution in [0.15, 0.2) is 29.6 Å². The molecule has 2 aromatic rings. The van der Waals surface area contributed by atoms with Crippen LogP contribution in [-0.4, -0.2) is 36.3 Å². The van der Waals surface area contributed by atoms with Crippen molar-refractivity contribution < 1.29 is 19.1 Å². The number of methoxy groups -OCH3 is 1. The lowest BCUT2D eigenvalue weighted by atomic mass is 10.2. The van der Waals surface area contributed by atoms with Gasteiger partial charge in [-0.1, -0.05) is 12.1 Å². The van der Waals surface area contributed by atoms with E-state index < -0.39 is 0 Å². The van der Waals surface area contributed by atoms with Gasteiger partial charge in [0.05, 0.1) is 31.6 Å². The molecule has 6 nitrogen and oxygen atoms in total. The Kier molecular flexibility index (Phi) is 5.60. The Morgan fingerprint density at radius 3 is 2.80 bits per heavy atom. The van der Waals surface area contributed by atoms with Crippen LogP contribution in [0.2, 0.25) is 0 Å². The van der Waals surface area contributed by atoms with Gasteiger partial charge >= 0.3 is 5.97 Å². The van der Waals surface area contributed by atoms with Crippen molar-refractivity contribution in [1.82, 2.24) is 4.98 Å². The van der Waals surface area contributed by atoms with Crippen LogP contribution < -0.4 is 9.64 Å². The number of aromatic nitrogens is 1. The number of nitrogens with zero attached hydrogens (tertiary/aromatic N) is 2. The summed E-state index contributed by atoms with van der Waals surface area (Å²) in [5.41, 5.74) is 1.63. The molecule has 2 heterocycles. The van der Waals surface area contributed by atoms with E-state index in [1.807, 2.05) is 24.3 Å². The molecule has 0 radical (unpaired) electrons. The molecule has 1 atom stereocenters. The number of benzene rings is 1. The molecule has 1 saturated heterocycles. The predicted octanol–water partition coefficient (Wildman–Crippen LogP) is 3.04. The molecule has 1 aromatic heterocycles. The second-order valence-electron chi connectivity index (χ2n) is 5.30. The maximum atomic E-state index is 12.4. The molecule has 0 spiro atoms. The molecule has 1 amide bonds. The maximum absolute atomic E-state index is 12.4. The van der Waals surface area contributed by atoms with Crippen molar-refractivity contribution in [3.63, 3.8) is 0 Å². The van der Waals surface area contributed by atoms with Crippen molar-refractivity contribution in [2.24, 2.45) is 0 Å². The third-order valence-electron chi connectivity index (χ3n) is 3.65. The summed E-state index contributed by atoms with van der Waals surface area (Å²) in [7, 11) is 1.62. The van der Waals surface area contributed by atoms with E-state index >= 15 is 0 Å². The summed E-state index contributed by atoms with van der Waals surface area (Å²) in [6, 6.07) is 7.67. The van der Waals surface area contributed by atoms with Gasteiger partial charge in [0.1, 0.15) is 11.1 Å². The number of carbonyl (C=O) groups excluding carboxylic acids is 2. The van der Waals surface area contributed by atoms with Gasteiger partial charge in [-0.15, -0.1) is 23.1 Å². The molecule has 25 heavy (non-hydrogen) atoms. The van der Waals surface area contributed by atoms with Crippen LogP contribution in [0.5, 0.6) is 5.75 Å². The normalized spacial score (nSPS) is 17.0. The zero-order valence-corrected chi connectivity index (χ0v) is 15.6. The summed E-state index contributed by atoms with van der Waals surface area (Å²) >= 11 is 2.93. The van der Waals surface area contributed by atoms with Crippen LogP contribution >= 0.6 is 23.1 Å². The van der Waals surface area contributed by atoms with E-state index in [4.69, 9.17) is 9.47 Å². The van der Waals surface area contributed by atoms with E-state index in [0.717, 1.165) is 11.3 Å². The number of ether oxygens (including phenoxy) is 2. The third-order valence-corrected chi connectivity index (χ3v) is 5.75. The maximum Gasteiger partial charge on any atom is 0.311 e. The van der Waals surface area contributed by atoms with E-state index in [1.165, 1.54) is 11.3 Å². The molecule has 132 valence electrons. The van der Waals surface area contributed by atoms with E-state index in [0.29, 0.717) is 23.2 Å². The standard InChI is InChI=1S/C17H18N2O4S2/c1-3-23-15(21)8-12-9-25-17(18-12)19-14(20)10-24-16(19)11-4-6-13(22-2)7-5-11/h4-7,9,16H,3,8,10H2,1-2H3. The Hall–Kier alpha value is -2.06. The molecule has 0 bridgehead atoms. The number of hydrogen-bond acceptors (Lipinski definition) is 7. The second-order valence-corrected chi connectivity index (χ2v) is 7.21. The molecule has 1 unspecified atom stereocenters.